The number of aryl methyl sites for hydroxylation is 1. The number of likely N-dealkylation sites (tertiary alicyclic amines) is 1. The Hall–Kier alpha value is -4.06. The molecule has 0 radical (unpaired) electrons. The number of carbonyl (C=O) groups excluding carboxylic acids is 2. The van der Waals surface area contributed by atoms with Gasteiger partial charge in [-0.2, -0.15) is 0 Å². The molecule has 0 aromatic heterocycles. The van der Waals surface area contributed by atoms with Crippen LogP contribution in [0.4, 0.5) is 0 Å². The summed E-state index contributed by atoms with van der Waals surface area (Å²) in [6.07, 6.45) is 1.92. The molecular formula is C30H31NO5. The number of hydrogen-bond donors (Lipinski definition) is 1. The second kappa shape index (κ2) is 11.1. The van der Waals surface area contributed by atoms with E-state index in [0.717, 1.165) is 24.0 Å². The summed E-state index contributed by atoms with van der Waals surface area (Å²) in [5.41, 5.74) is 3.09. The summed E-state index contributed by atoms with van der Waals surface area (Å²) in [7, 11) is 1.55. The van der Waals surface area contributed by atoms with Gasteiger partial charge in [-0.1, -0.05) is 79.6 Å². The van der Waals surface area contributed by atoms with Crippen LogP contribution in [0.25, 0.3) is 5.76 Å². The summed E-state index contributed by atoms with van der Waals surface area (Å²) >= 11 is 0. The molecule has 186 valence electrons. The van der Waals surface area contributed by atoms with Crippen molar-refractivity contribution in [3.63, 3.8) is 0 Å². The molecule has 0 bridgehead atoms. The van der Waals surface area contributed by atoms with E-state index in [0.29, 0.717) is 29.2 Å². The molecule has 6 nitrogen and oxygen atoms in total. The molecule has 0 saturated carbocycles. The second-order valence-corrected chi connectivity index (χ2v) is 8.89. The van der Waals surface area contributed by atoms with Gasteiger partial charge in [0.25, 0.3) is 11.7 Å². The number of rotatable bonds is 9. The molecule has 1 aliphatic heterocycles. The minimum atomic E-state index is -0.787. The second-order valence-electron chi connectivity index (χ2n) is 8.89. The van der Waals surface area contributed by atoms with Gasteiger partial charge in [0.1, 0.15) is 5.76 Å². The van der Waals surface area contributed by atoms with E-state index in [2.05, 4.69) is 6.92 Å². The Bertz CT molecular complexity index is 1260. The lowest BCUT2D eigenvalue weighted by Crippen LogP contribution is -2.29. The Morgan fingerprint density at radius 3 is 2.36 bits per heavy atom. The van der Waals surface area contributed by atoms with E-state index < -0.39 is 17.7 Å². The molecule has 1 aliphatic rings. The molecule has 1 N–H and O–H groups in total. The fourth-order valence-electron chi connectivity index (χ4n) is 4.34. The van der Waals surface area contributed by atoms with Crippen LogP contribution in [0.15, 0.2) is 78.4 Å². The molecule has 0 aliphatic carbocycles. The lowest BCUT2D eigenvalue weighted by molar-refractivity contribution is -0.140. The zero-order valence-corrected chi connectivity index (χ0v) is 20.9. The number of ketones is 1. The van der Waals surface area contributed by atoms with Crippen LogP contribution < -0.4 is 9.47 Å². The van der Waals surface area contributed by atoms with Crippen molar-refractivity contribution in [3.8, 4) is 11.5 Å². The maximum Gasteiger partial charge on any atom is 0.295 e. The first-order valence-electron chi connectivity index (χ1n) is 12.1. The summed E-state index contributed by atoms with van der Waals surface area (Å²) in [5.74, 6) is -0.468. The van der Waals surface area contributed by atoms with Crippen molar-refractivity contribution in [1.82, 2.24) is 4.90 Å². The number of aliphatic hydroxyl groups excluding tert-OH is 1. The number of methoxy groups -OCH3 is 1. The van der Waals surface area contributed by atoms with Crippen LogP contribution in [0.5, 0.6) is 11.5 Å². The van der Waals surface area contributed by atoms with Crippen LogP contribution in [0, 0.1) is 6.92 Å². The Morgan fingerprint density at radius 2 is 1.69 bits per heavy atom. The van der Waals surface area contributed by atoms with E-state index in [-0.39, 0.29) is 17.9 Å². The summed E-state index contributed by atoms with van der Waals surface area (Å²) in [4.78, 5) is 28.1. The quantitative estimate of drug-likeness (QED) is 0.179. The molecule has 0 spiro atoms. The molecule has 1 atom stereocenters. The molecule has 1 unspecified atom stereocenters. The highest BCUT2D eigenvalue weighted by atomic mass is 16.5. The van der Waals surface area contributed by atoms with Crippen molar-refractivity contribution in [2.75, 3.05) is 13.7 Å². The van der Waals surface area contributed by atoms with Gasteiger partial charge < -0.3 is 19.5 Å². The molecule has 1 amide bonds. The smallest absolute Gasteiger partial charge is 0.295 e. The Labute approximate surface area is 211 Å². The van der Waals surface area contributed by atoms with Crippen molar-refractivity contribution in [2.24, 2.45) is 0 Å². The highest BCUT2D eigenvalue weighted by molar-refractivity contribution is 6.46. The van der Waals surface area contributed by atoms with Gasteiger partial charge in [-0.25, -0.2) is 0 Å². The van der Waals surface area contributed by atoms with Crippen molar-refractivity contribution in [2.45, 2.75) is 39.3 Å². The highest BCUT2D eigenvalue weighted by Gasteiger charge is 2.46. The molecule has 4 rings (SSSR count). The summed E-state index contributed by atoms with van der Waals surface area (Å²) in [6, 6.07) is 21.3. The van der Waals surface area contributed by atoms with E-state index in [1.54, 1.807) is 31.4 Å². The number of benzene rings is 3. The van der Waals surface area contributed by atoms with Crippen LogP contribution >= 0.6 is 0 Å². The van der Waals surface area contributed by atoms with Crippen LogP contribution in [0.2, 0.25) is 0 Å². The molecule has 3 aromatic rings. The number of unbranched alkanes of at least 4 members (excludes halogenated alkanes) is 1. The van der Waals surface area contributed by atoms with E-state index in [1.165, 1.54) is 4.90 Å². The van der Waals surface area contributed by atoms with E-state index >= 15 is 0 Å². The number of ether oxygens (including phenoxy) is 2. The zero-order valence-electron chi connectivity index (χ0n) is 20.9. The Kier molecular flexibility index (Phi) is 7.74. The van der Waals surface area contributed by atoms with Gasteiger partial charge in [0, 0.05) is 12.1 Å². The third-order valence-corrected chi connectivity index (χ3v) is 6.32. The number of Topliss-reactive ketones (excluding diaryl/α,β-unsaturated/α-hetero) is 1. The average molecular weight is 486 g/mol. The average Bonchev–Trinajstić information content (AvgIpc) is 3.14. The van der Waals surface area contributed by atoms with Gasteiger partial charge in [-0.05, 0) is 36.6 Å². The van der Waals surface area contributed by atoms with Gasteiger partial charge >= 0.3 is 0 Å². The fraction of sp³-hybridized carbons (Fsp3) is 0.267. The van der Waals surface area contributed by atoms with Gasteiger partial charge in [-0.3, -0.25) is 9.59 Å². The van der Waals surface area contributed by atoms with Gasteiger partial charge in [0.05, 0.1) is 25.3 Å². The van der Waals surface area contributed by atoms with Crippen LogP contribution in [-0.4, -0.2) is 35.4 Å². The highest BCUT2D eigenvalue weighted by Crippen LogP contribution is 2.42. The number of carbonyl (C=O) groups is 2. The molecule has 3 aromatic carbocycles. The molecule has 1 saturated heterocycles. The first-order chi connectivity index (χ1) is 17.4. The Balaban J connectivity index is 1.82. The monoisotopic (exact) mass is 485 g/mol. The van der Waals surface area contributed by atoms with Crippen molar-refractivity contribution < 1.29 is 24.2 Å². The van der Waals surface area contributed by atoms with Crippen molar-refractivity contribution >= 4 is 17.4 Å². The molecule has 1 fully saturated rings. The zero-order chi connectivity index (χ0) is 25.7. The van der Waals surface area contributed by atoms with E-state index in [9.17, 15) is 14.7 Å². The first-order valence-corrected chi connectivity index (χ1v) is 12.1. The lowest BCUT2D eigenvalue weighted by Gasteiger charge is -2.26. The van der Waals surface area contributed by atoms with Gasteiger partial charge in [-0.15, -0.1) is 0 Å². The predicted molar refractivity (Wildman–Crippen MR) is 139 cm³/mol. The first kappa shape index (κ1) is 25.0. The minimum absolute atomic E-state index is 0.0569. The number of amides is 1. The number of hydrogen-bond acceptors (Lipinski definition) is 5. The van der Waals surface area contributed by atoms with Crippen LogP contribution in [-0.2, 0) is 16.1 Å². The maximum atomic E-state index is 13.3. The fourth-order valence-corrected chi connectivity index (χ4v) is 4.34. The SMILES string of the molecule is CCCCOc1ccc(C2/C(=C(\O)c3ccc(C)cc3)C(=O)C(=O)N2Cc2ccccc2)cc1OC. The molecule has 36 heavy (non-hydrogen) atoms. The summed E-state index contributed by atoms with van der Waals surface area (Å²) in [5, 5.41) is 11.3. The predicted octanol–water partition coefficient (Wildman–Crippen LogP) is 5.80. The van der Waals surface area contributed by atoms with E-state index in [4.69, 9.17) is 9.47 Å². The van der Waals surface area contributed by atoms with Gasteiger partial charge in [0.15, 0.2) is 11.5 Å². The molecular weight excluding hydrogens is 454 g/mol. The van der Waals surface area contributed by atoms with Crippen LogP contribution in [0.1, 0.15) is 48.1 Å². The third kappa shape index (κ3) is 5.13. The molecule has 6 heteroatoms. The summed E-state index contributed by atoms with van der Waals surface area (Å²) in [6.45, 7) is 4.82. The standard InChI is InChI=1S/C30H31NO5/c1-4-5-17-36-24-16-15-23(18-25(24)35-3)27-26(28(32)22-13-11-20(2)12-14-22)29(33)30(34)31(27)19-21-9-7-6-8-10-21/h6-16,18,27,32H,4-5,17,19H2,1-3H3/b28-26+. The third-order valence-electron chi connectivity index (χ3n) is 6.32. The van der Waals surface area contributed by atoms with Crippen molar-refractivity contribution in [1.29, 1.82) is 0 Å². The number of nitrogens with zero attached hydrogens (tertiary/aromatic N) is 1. The largest absolute Gasteiger partial charge is 0.507 e. The summed E-state index contributed by atoms with van der Waals surface area (Å²) < 4.78 is 11.5. The Morgan fingerprint density at radius 1 is 0.972 bits per heavy atom. The lowest BCUT2D eigenvalue weighted by atomic mass is 9.94. The van der Waals surface area contributed by atoms with E-state index in [1.807, 2.05) is 55.5 Å². The topological polar surface area (TPSA) is 76.1 Å². The van der Waals surface area contributed by atoms with Crippen LogP contribution in [0.3, 0.4) is 0 Å². The normalized spacial score (nSPS) is 16.9. The number of aliphatic hydroxyl groups is 1. The molecule has 1 heterocycles. The van der Waals surface area contributed by atoms with Gasteiger partial charge in [0.2, 0.25) is 0 Å². The maximum absolute atomic E-state index is 13.3. The minimum Gasteiger partial charge on any atom is -0.507 e. The van der Waals surface area contributed by atoms with Crippen molar-refractivity contribution in [3.05, 3.63) is 101 Å².